The summed E-state index contributed by atoms with van der Waals surface area (Å²) < 4.78 is 5.70. The lowest BCUT2D eigenvalue weighted by molar-refractivity contribution is 0.271. The Morgan fingerprint density at radius 2 is 1.65 bits per heavy atom. The molecule has 0 radical (unpaired) electrons. The molecule has 0 aliphatic rings. The topological polar surface area (TPSA) is 24.5 Å². The van der Waals surface area contributed by atoms with Gasteiger partial charge in [0.1, 0.15) is 5.75 Å². The largest absolute Gasteiger partial charge is 0.493 e. The molecule has 2 atom stereocenters. The molecule has 0 heterocycles. The number of nitrogens with zero attached hydrogens (tertiary/aromatic N) is 1. The summed E-state index contributed by atoms with van der Waals surface area (Å²) in [5.74, 6) is 1.51. The first-order valence-electron chi connectivity index (χ1n) is 7.52. The summed E-state index contributed by atoms with van der Waals surface area (Å²) in [7, 11) is 4.22. The molecule has 0 amide bonds. The lowest BCUT2D eigenvalue weighted by Gasteiger charge is -2.23. The third-order valence-corrected chi connectivity index (χ3v) is 3.56. The monoisotopic (exact) mass is 278 g/mol. The summed E-state index contributed by atoms with van der Waals surface area (Å²) in [6, 6.07) is 9.31. The number of rotatable bonds is 8. The van der Waals surface area contributed by atoms with E-state index in [0.29, 0.717) is 18.0 Å². The predicted octanol–water partition coefficient (Wildman–Crippen LogP) is 3.32. The smallest absolute Gasteiger partial charge is 0.119 e. The van der Waals surface area contributed by atoms with E-state index in [1.165, 1.54) is 5.56 Å². The first kappa shape index (κ1) is 17.0. The summed E-state index contributed by atoms with van der Waals surface area (Å²) in [4.78, 5) is 2.22. The molecule has 20 heavy (non-hydrogen) atoms. The van der Waals surface area contributed by atoms with Crippen molar-refractivity contribution in [3.8, 4) is 5.75 Å². The van der Waals surface area contributed by atoms with Gasteiger partial charge in [-0.2, -0.15) is 0 Å². The van der Waals surface area contributed by atoms with E-state index in [1.54, 1.807) is 0 Å². The van der Waals surface area contributed by atoms with E-state index in [1.807, 2.05) is 0 Å². The van der Waals surface area contributed by atoms with Crippen LogP contribution in [0.25, 0.3) is 0 Å². The molecule has 0 spiro atoms. The van der Waals surface area contributed by atoms with Gasteiger partial charge in [-0.25, -0.2) is 0 Å². The van der Waals surface area contributed by atoms with Gasteiger partial charge in [0.05, 0.1) is 6.61 Å². The Labute approximate surface area is 124 Å². The number of ether oxygens (including phenoxy) is 1. The quantitative estimate of drug-likeness (QED) is 0.789. The number of hydrogen-bond donors (Lipinski definition) is 1. The Kier molecular flexibility index (Phi) is 7.03. The summed E-state index contributed by atoms with van der Waals surface area (Å²) in [6.07, 6.45) is 0. The minimum atomic E-state index is 0.358. The van der Waals surface area contributed by atoms with E-state index < -0.39 is 0 Å². The van der Waals surface area contributed by atoms with E-state index in [2.05, 4.69) is 76.3 Å². The standard InChI is InChI=1S/C17H30N2O/c1-13(2)12-20-17-9-7-16(8-10-17)15(4)18-11-14(3)19(5)6/h7-10,13-15,18H,11-12H2,1-6H3. The molecule has 3 heteroatoms. The van der Waals surface area contributed by atoms with Gasteiger partial charge in [0.25, 0.3) is 0 Å². The van der Waals surface area contributed by atoms with Gasteiger partial charge in [0, 0.05) is 18.6 Å². The summed E-state index contributed by atoms with van der Waals surface area (Å²) >= 11 is 0. The van der Waals surface area contributed by atoms with Crippen LogP contribution in [0.1, 0.15) is 39.3 Å². The fourth-order valence-electron chi connectivity index (χ4n) is 1.76. The van der Waals surface area contributed by atoms with Crippen molar-refractivity contribution < 1.29 is 4.74 Å². The molecule has 0 bridgehead atoms. The lowest BCUT2D eigenvalue weighted by atomic mass is 10.1. The molecule has 3 nitrogen and oxygen atoms in total. The molecule has 0 aromatic heterocycles. The van der Waals surface area contributed by atoms with Gasteiger partial charge in [0.2, 0.25) is 0 Å². The second kappa shape index (κ2) is 8.28. The fourth-order valence-corrected chi connectivity index (χ4v) is 1.76. The maximum absolute atomic E-state index is 5.70. The van der Waals surface area contributed by atoms with Crippen molar-refractivity contribution in [2.75, 3.05) is 27.2 Å². The number of nitrogens with one attached hydrogen (secondary N) is 1. The van der Waals surface area contributed by atoms with Crippen molar-refractivity contribution in [1.82, 2.24) is 10.2 Å². The molecule has 0 saturated carbocycles. The molecule has 0 fully saturated rings. The van der Waals surface area contributed by atoms with Crippen LogP contribution in [0, 0.1) is 5.92 Å². The highest BCUT2D eigenvalue weighted by Crippen LogP contribution is 2.18. The van der Waals surface area contributed by atoms with Crippen LogP contribution in [0.4, 0.5) is 0 Å². The van der Waals surface area contributed by atoms with Crippen LogP contribution in [-0.2, 0) is 0 Å². The first-order valence-corrected chi connectivity index (χ1v) is 7.52. The first-order chi connectivity index (χ1) is 9.40. The number of benzene rings is 1. The van der Waals surface area contributed by atoms with Crippen LogP contribution in [0.3, 0.4) is 0 Å². The Hall–Kier alpha value is -1.06. The van der Waals surface area contributed by atoms with E-state index >= 15 is 0 Å². The normalized spacial score (nSPS) is 14.6. The van der Waals surface area contributed by atoms with Crippen LogP contribution in [0.15, 0.2) is 24.3 Å². The molecule has 0 saturated heterocycles. The molecular weight excluding hydrogens is 248 g/mol. The van der Waals surface area contributed by atoms with E-state index in [9.17, 15) is 0 Å². The van der Waals surface area contributed by atoms with Crippen molar-refractivity contribution in [1.29, 1.82) is 0 Å². The van der Waals surface area contributed by atoms with E-state index in [4.69, 9.17) is 4.74 Å². The molecule has 1 rings (SSSR count). The van der Waals surface area contributed by atoms with Crippen LogP contribution >= 0.6 is 0 Å². The predicted molar refractivity (Wildman–Crippen MR) is 86.3 cm³/mol. The molecule has 1 aromatic rings. The minimum absolute atomic E-state index is 0.358. The van der Waals surface area contributed by atoms with Crippen LogP contribution in [0.5, 0.6) is 5.75 Å². The molecule has 1 N–H and O–H groups in total. The van der Waals surface area contributed by atoms with Crippen LogP contribution in [-0.4, -0.2) is 38.2 Å². The minimum Gasteiger partial charge on any atom is -0.493 e. The zero-order valence-corrected chi connectivity index (χ0v) is 13.8. The third kappa shape index (κ3) is 5.93. The number of likely N-dealkylation sites (N-methyl/N-ethyl adjacent to an activating group) is 1. The molecule has 0 aliphatic heterocycles. The van der Waals surface area contributed by atoms with Crippen LogP contribution in [0.2, 0.25) is 0 Å². The highest BCUT2D eigenvalue weighted by molar-refractivity contribution is 5.28. The summed E-state index contributed by atoms with van der Waals surface area (Å²) in [5.41, 5.74) is 1.30. The molecule has 114 valence electrons. The Morgan fingerprint density at radius 3 is 2.15 bits per heavy atom. The highest BCUT2D eigenvalue weighted by atomic mass is 16.5. The van der Waals surface area contributed by atoms with Gasteiger partial charge in [0.15, 0.2) is 0 Å². The van der Waals surface area contributed by atoms with Crippen molar-refractivity contribution in [2.24, 2.45) is 5.92 Å². The van der Waals surface area contributed by atoms with Crippen molar-refractivity contribution in [3.63, 3.8) is 0 Å². The Bertz CT molecular complexity index is 373. The third-order valence-electron chi connectivity index (χ3n) is 3.56. The zero-order valence-electron chi connectivity index (χ0n) is 13.8. The maximum atomic E-state index is 5.70. The molecule has 1 aromatic carbocycles. The molecule has 0 aliphatic carbocycles. The maximum Gasteiger partial charge on any atom is 0.119 e. The van der Waals surface area contributed by atoms with Crippen molar-refractivity contribution >= 4 is 0 Å². The Balaban J connectivity index is 2.46. The zero-order chi connectivity index (χ0) is 15.1. The average molecular weight is 278 g/mol. The van der Waals surface area contributed by atoms with Gasteiger partial charge in [-0.15, -0.1) is 0 Å². The van der Waals surface area contributed by atoms with Crippen LogP contribution < -0.4 is 10.1 Å². The average Bonchev–Trinajstić information content (AvgIpc) is 2.42. The highest BCUT2D eigenvalue weighted by Gasteiger charge is 2.09. The van der Waals surface area contributed by atoms with E-state index in [-0.39, 0.29) is 0 Å². The van der Waals surface area contributed by atoms with Crippen molar-refractivity contribution in [2.45, 2.75) is 39.8 Å². The summed E-state index contributed by atoms with van der Waals surface area (Å²) in [6.45, 7) is 10.5. The molecule has 2 unspecified atom stereocenters. The fraction of sp³-hybridized carbons (Fsp3) is 0.647. The second-order valence-corrected chi connectivity index (χ2v) is 6.22. The van der Waals surface area contributed by atoms with Gasteiger partial charge < -0.3 is 15.0 Å². The van der Waals surface area contributed by atoms with Gasteiger partial charge in [-0.1, -0.05) is 26.0 Å². The Morgan fingerprint density at radius 1 is 1.05 bits per heavy atom. The summed E-state index contributed by atoms with van der Waals surface area (Å²) in [5, 5.41) is 3.57. The van der Waals surface area contributed by atoms with Gasteiger partial charge >= 0.3 is 0 Å². The molecular formula is C17H30N2O. The number of hydrogen-bond acceptors (Lipinski definition) is 3. The second-order valence-electron chi connectivity index (χ2n) is 6.22. The van der Waals surface area contributed by atoms with E-state index in [0.717, 1.165) is 18.9 Å². The lowest BCUT2D eigenvalue weighted by Crippen LogP contribution is -2.36. The van der Waals surface area contributed by atoms with Gasteiger partial charge in [-0.3, -0.25) is 0 Å². The van der Waals surface area contributed by atoms with Gasteiger partial charge in [-0.05, 0) is 51.6 Å². The SMILES string of the molecule is CC(C)COc1ccc(C(C)NCC(C)N(C)C)cc1. The van der Waals surface area contributed by atoms with Crippen molar-refractivity contribution in [3.05, 3.63) is 29.8 Å².